The minimum Gasteiger partial charge on any atom is -0.111 e. The number of rotatable bonds is 0. The lowest BCUT2D eigenvalue weighted by atomic mass is 10.0. The van der Waals surface area contributed by atoms with Crippen molar-refractivity contribution in [3.05, 3.63) is 28.7 Å². The lowest BCUT2D eigenvalue weighted by Gasteiger charge is -2.13. The maximum atomic E-state index is 8.78. The van der Waals surface area contributed by atoms with Crippen LogP contribution in [0.4, 0.5) is 5.69 Å². The first-order valence-electron chi connectivity index (χ1n) is 4.28. The molecule has 0 unspecified atom stereocenters. The minimum atomic E-state index is 0.239. The van der Waals surface area contributed by atoms with Crippen LogP contribution in [0.5, 0.6) is 0 Å². The fraction of sp³-hybridized carbons (Fsp3) is 0.400. The summed E-state index contributed by atoms with van der Waals surface area (Å²) in [6.07, 6.45) is 1.05. The summed E-state index contributed by atoms with van der Waals surface area (Å²) < 4.78 is 0.239. The minimum absolute atomic E-state index is 0.239. The largest absolute Gasteiger partial charge is 0.398 e. The van der Waals surface area contributed by atoms with E-state index in [1.54, 1.807) is 11.8 Å². The third kappa shape index (κ3) is 1.42. The van der Waals surface area contributed by atoms with Crippen LogP contribution in [-0.2, 0) is 6.42 Å². The quantitative estimate of drug-likeness (QED) is 0.586. The van der Waals surface area contributed by atoms with Crippen molar-refractivity contribution < 1.29 is 0 Å². The third-order valence-electron chi connectivity index (χ3n) is 2.18. The number of hydrogen-bond donors (Lipinski definition) is 0. The molecule has 2 nitrogen and oxygen atoms in total. The highest BCUT2D eigenvalue weighted by Crippen LogP contribution is 2.48. The molecule has 0 spiro atoms. The molecule has 0 aromatic heterocycles. The van der Waals surface area contributed by atoms with Crippen molar-refractivity contribution >= 4 is 17.4 Å². The lowest BCUT2D eigenvalue weighted by Crippen LogP contribution is -2.11. The first-order valence-corrected chi connectivity index (χ1v) is 5.10. The predicted octanol–water partition coefficient (Wildman–Crippen LogP) is 3.60. The molecule has 0 amide bonds. The Balaban J connectivity index is 2.53. The van der Waals surface area contributed by atoms with Crippen LogP contribution in [0.15, 0.2) is 23.1 Å². The zero-order valence-electron chi connectivity index (χ0n) is 7.74. The Morgan fingerprint density at radius 1 is 1.46 bits per heavy atom. The number of nitrogens with zero attached hydrogens (tertiary/aromatic N) is 2. The summed E-state index contributed by atoms with van der Waals surface area (Å²) in [5.41, 5.74) is 2.00. The van der Waals surface area contributed by atoms with Gasteiger partial charge in [0.15, 0.2) is 4.98 Å². The maximum Gasteiger partial charge on any atom is 0.398 e. The van der Waals surface area contributed by atoms with Crippen LogP contribution >= 0.6 is 11.8 Å². The fourth-order valence-corrected chi connectivity index (χ4v) is 2.94. The molecule has 13 heavy (non-hydrogen) atoms. The van der Waals surface area contributed by atoms with E-state index >= 15 is 0 Å². The first-order chi connectivity index (χ1) is 6.12. The van der Waals surface area contributed by atoms with Gasteiger partial charge in [0.2, 0.25) is 5.39 Å². The van der Waals surface area contributed by atoms with Crippen molar-refractivity contribution in [1.29, 1.82) is 5.39 Å². The van der Waals surface area contributed by atoms with E-state index < -0.39 is 0 Å². The molecule has 2 rings (SSSR count). The van der Waals surface area contributed by atoms with Gasteiger partial charge in [-0.05, 0) is 12.0 Å². The van der Waals surface area contributed by atoms with Crippen molar-refractivity contribution in [2.24, 2.45) is 0 Å². The van der Waals surface area contributed by atoms with Crippen LogP contribution in [0.2, 0.25) is 0 Å². The maximum absolute atomic E-state index is 8.78. The lowest BCUT2D eigenvalue weighted by molar-refractivity contribution is 0.724. The third-order valence-corrected chi connectivity index (χ3v) is 3.55. The van der Waals surface area contributed by atoms with Gasteiger partial charge in [-0.3, -0.25) is 0 Å². The summed E-state index contributed by atoms with van der Waals surface area (Å²) in [4.78, 5) is 4.42. The molecule has 0 N–H and O–H groups in total. The molecule has 0 bridgehead atoms. The topological polar surface area (TPSA) is 28.1 Å². The molecule has 0 atom stereocenters. The molecule has 0 saturated heterocycles. The molecule has 1 aliphatic rings. The summed E-state index contributed by atoms with van der Waals surface area (Å²) in [6, 6.07) is 5.88. The summed E-state index contributed by atoms with van der Waals surface area (Å²) in [7, 11) is 0. The van der Waals surface area contributed by atoms with Gasteiger partial charge in [-0.25, -0.2) is 0 Å². The monoisotopic (exact) mass is 191 g/mol. The van der Waals surface area contributed by atoms with Gasteiger partial charge in [-0.15, -0.1) is 11.8 Å². The van der Waals surface area contributed by atoms with Crippen LogP contribution in [-0.4, -0.2) is 4.75 Å². The second kappa shape index (κ2) is 2.74. The molecular formula is C10H11N2S+. The first kappa shape index (κ1) is 8.58. The van der Waals surface area contributed by atoms with E-state index in [9.17, 15) is 0 Å². The Morgan fingerprint density at radius 2 is 2.23 bits per heavy atom. The van der Waals surface area contributed by atoms with Crippen LogP contribution in [0.3, 0.4) is 0 Å². The summed E-state index contributed by atoms with van der Waals surface area (Å²) in [6.45, 7) is 4.41. The zero-order chi connectivity index (χ0) is 9.47. The van der Waals surface area contributed by atoms with Crippen LogP contribution in [0.25, 0.3) is 4.98 Å². The standard InChI is InChI=1S/C10H11N2S/c1-10(2)6-7-4-3-5-8(12-11)9(7)13-10/h3-5H,6H2,1-2H3/q+1. The van der Waals surface area contributed by atoms with E-state index in [0.29, 0.717) is 5.69 Å². The number of hydrogen-bond acceptors (Lipinski definition) is 2. The van der Waals surface area contributed by atoms with Crippen molar-refractivity contribution in [2.75, 3.05) is 0 Å². The highest BCUT2D eigenvalue weighted by molar-refractivity contribution is 8.01. The van der Waals surface area contributed by atoms with E-state index in [0.717, 1.165) is 11.3 Å². The van der Waals surface area contributed by atoms with Gasteiger partial charge in [0, 0.05) is 10.8 Å². The summed E-state index contributed by atoms with van der Waals surface area (Å²) in [5.74, 6) is 0. The number of thioether (sulfide) groups is 1. The van der Waals surface area contributed by atoms with Crippen LogP contribution < -0.4 is 0 Å². The Hall–Kier alpha value is -1.01. The second-order valence-electron chi connectivity index (χ2n) is 3.90. The molecule has 0 aliphatic carbocycles. The van der Waals surface area contributed by atoms with E-state index in [4.69, 9.17) is 5.39 Å². The molecule has 0 fully saturated rings. The molecule has 1 aliphatic heterocycles. The molecular weight excluding hydrogens is 180 g/mol. The SMILES string of the molecule is CC1(C)Cc2cccc([N+]#N)c2S1. The van der Waals surface area contributed by atoms with Crippen molar-refractivity contribution in [3.8, 4) is 0 Å². The Labute approximate surface area is 82.0 Å². The summed E-state index contributed by atoms with van der Waals surface area (Å²) >= 11 is 1.79. The van der Waals surface area contributed by atoms with Gasteiger partial charge in [0.25, 0.3) is 0 Å². The predicted molar refractivity (Wildman–Crippen MR) is 54.8 cm³/mol. The average Bonchev–Trinajstić information content (AvgIpc) is 2.37. The van der Waals surface area contributed by atoms with E-state index in [-0.39, 0.29) is 4.75 Å². The smallest absolute Gasteiger partial charge is 0.111 e. The van der Waals surface area contributed by atoms with Crippen molar-refractivity contribution in [1.82, 2.24) is 0 Å². The molecule has 1 aromatic carbocycles. The van der Waals surface area contributed by atoms with Gasteiger partial charge >= 0.3 is 5.69 Å². The zero-order valence-corrected chi connectivity index (χ0v) is 8.56. The highest BCUT2D eigenvalue weighted by Gasteiger charge is 2.34. The molecule has 0 radical (unpaired) electrons. The molecule has 1 heterocycles. The van der Waals surface area contributed by atoms with Crippen LogP contribution in [0, 0.1) is 5.39 Å². The highest BCUT2D eigenvalue weighted by atomic mass is 32.2. The fourth-order valence-electron chi connectivity index (χ4n) is 1.68. The van der Waals surface area contributed by atoms with E-state index in [1.807, 2.05) is 12.1 Å². The normalized spacial score (nSPS) is 17.9. The number of benzene rings is 1. The Kier molecular flexibility index (Phi) is 1.81. The van der Waals surface area contributed by atoms with Gasteiger partial charge < -0.3 is 0 Å². The molecule has 1 aromatic rings. The average molecular weight is 191 g/mol. The second-order valence-corrected chi connectivity index (χ2v) is 5.62. The van der Waals surface area contributed by atoms with E-state index in [1.165, 1.54) is 5.56 Å². The van der Waals surface area contributed by atoms with Gasteiger partial charge in [-0.2, -0.15) is 0 Å². The van der Waals surface area contributed by atoms with Gasteiger partial charge in [0.1, 0.15) is 4.90 Å². The molecule has 66 valence electrons. The molecule has 0 saturated carbocycles. The number of diazo groups is 1. The Morgan fingerprint density at radius 3 is 2.92 bits per heavy atom. The Bertz CT molecular complexity index is 390. The molecule has 3 heteroatoms. The van der Waals surface area contributed by atoms with Crippen molar-refractivity contribution in [2.45, 2.75) is 29.9 Å². The van der Waals surface area contributed by atoms with Crippen molar-refractivity contribution in [3.63, 3.8) is 0 Å². The van der Waals surface area contributed by atoms with E-state index in [2.05, 4.69) is 24.9 Å². The van der Waals surface area contributed by atoms with Gasteiger partial charge in [0.05, 0.1) is 0 Å². The van der Waals surface area contributed by atoms with Gasteiger partial charge in [-0.1, -0.05) is 26.0 Å². The summed E-state index contributed by atoms with van der Waals surface area (Å²) in [5, 5.41) is 8.78. The number of fused-ring (bicyclic) bond motifs is 1. The van der Waals surface area contributed by atoms with Crippen LogP contribution in [0.1, 0.15) is 19.4 Å².